The van der Waals surface area contributed by atoms with Crippen LogP contribution in [0.25, 0.3) is 20.2 Å². The van der Waals surface area contributed by atoms with Crippen molar-refractivity contribution in [3.8, 4) is 5.75 Å². The summed E-state index contributed by atoms with van der Waals surface area (Å²) in [5.41, 5.74) is 1.68. The quantitative estimate of drug-likeness (QED) is 0.461. The molecule has 0 bridgehead atoms. The highest BCUT2D eigenvalue weighted by Crippen LogP contribution is 2.33. The van der Waals surface area contributed by atoms with Gasteiger partial charge in [0.05, 0.1) is 22.9 Å². The third kappa shape index (κ3) is 3.74. The van der Waals surface area contributed by atoms with Crippen LogP contribution in [0.2, 0.25) is 0 Å². The fourth-order valence-corrected chi connectivity index (χ4v) is 5.62. The average molecular weight is 463 g/mol. The van der Waals surface area contributed by atoms with Crippen molar-refractivity contribution in [2.24, 2.45) is 0 Å². The minimum absolute atomic E-state index is 0.0720. The van der Waals surface area contributed by atoms with E-state index >= 15 is 0 Å². The summed E-state index contributed by atoms with van der Waals surface area (Å²) in [6, 6.07) is 15.2. The highest BCUT2D eigenvalue weighted by atomic mass is 32.1. The summed E-state index contributed by atoms with van der Waals surface area (Å²) in [4.78, 5) is 30.8. The number of aryl methyl sites for hydroxylation is 1. The molecule has 0 aliphatic carbocycles. The van der Waals surface area contributed by atoms with Gasteiger partial charge >= 0.3 is 0 Å². The fourth-order valence-electron chi connectivity index (χ4n) is 4.49. The van der Waals surface area contributed by atoms with E-state index in [1.807, 2.05) is 60.4 Å². The van der Waals surface area contributed by atoms with Crippen LogP contribution in [-0.2, 0) is 4.79 Å². The van der Waals surface area contributed by atoms with E-state index in [9.17, 15) is 9.59 Å². The van der Waals surface area contributed by atoms with Gasteiger partial charge in [-0.05, 0) is 44.2 Å². The van der Waals surface area contributed by atoms with Gasteiger partial charge in [0.1, 0.15) is 11.8 Å². The Hall–Kier alpha value is -3.39. The zero-order valence-electron chi connectivity index (χ0n) is 18.9. The van der Waals surface area contributed by atoms with Gasteiger partial charge < -0.3 is 14.5 Å². The topological polar surface area (TPSA) is 67.7 Å². The molecule has 0 saturated carbocycles. The number of aromatic nitrogens is 2. The molecule has 33 heavy (non-hydrogen) atoms. The zero-order chi connectivity index (χ0) is 23.1. The Labute approximate surface area is 195 Å². The van der Waals surface area contributed by atoms with Crippen molar-refractivity contribution in [2.75, 3.05) is 38.2 Å². The molecule has 0 spiro atoms. The van der Waals surface area contributed by atoms with Gasteiger partial charge in [-0.15, -0.1) is 11.3 Å². The molecule has 2 aromatic carbocycles. The number of carbonyl (C=O) groups excluding carboxylic acids is 1. The van der Waals surface area contributed by atoms with E-state index in [1.165, 1.54) is 4.68 Å². The number of nitrogens with zero attached hydrogens (tertiary/aromatic N) is 4. The second-order valence-electron chi connectivity index (χ2n) is 8.32. The maximum Gasteiger partial charge on any atom is 0.276 e. The van der Waals surface area contributed by atoms with Crippen LogP contribution in [0.4, 0.5) is 5.69 Å². The highest BCUT2D eigenvalue weighted by Gasteiger charge is 2.28. The summed E-state index contributed by atoms with van der Waals surface area (Å²) in [6.45, 7) is 6.35. The van der Waals surface area contributed by atoms with Crippen molar-refractivity contribution in [3.63, 3.8) is 0 Å². The number of benzene rings is 2. The summed E-state index contributed by atoms with van der Waals surface area (Å²) < 4.78 is 8.55. The Kier molecular flexibility index (Phi) is 5.54. The van der Waals surface area contributed by atoms with Crippen molar-refractivity contribution in [1.82, 2.24) is 14.7 Å². The first-order valence-corrected chi connectivity index (χ1v) is 11.9. The first-order valence-electron chi connectivity index (χ1n) is 11.1. The molecule has 2 aromatic heterocycles. The van der Waals surface area contributed by atoms with Crippen LogP contribution >= 0.6 is 11.3 Å². The molecular weight excluding hydrogens is 436 g/mol. The molecular formula is C25H26N4O3S. The SMILES string of the molecule is COc1ccc(N2CCN(C(=O)[C@H](C)n3nc(C)c4sc5ccccc5c4c3=O)CC2)cc1. The number of thiophene rings is 1. The van der Waals surface area contributed by atoms with Crippen LogP contribution in [0.1, 0.15) is 18.7 Å². The maximum atomic E-state index is 13.4. The summed E-state index contributed by atoms with van der Waals surface area (Å²) in [5, 5.41) is 6.12. The van der Waals surface area contributed by atoms with Gasteiger partial charge in [-0.1, -0.05) is 18.2 Å². The van der Waals surface area contributed by atoms with Crippen molar-refractivity contribution < 1.29 is 9.53 Å². The van der Waals surface area contributed by atoms with E-state index in [2.05, 4.69) is 10.00 Å². The number of hydrogen-bond acceptors (Lipinski definition) is 6. The lowest BCUT2D eigenvalue weighted by atomic mass is 10.1. The molecule has 7 nitrogen and oxygen atoms in total. The van der Waals surface area contributed by atoms with E-state index in [0.29, 0.717) is 18.5 Å². The molecule has 0 radical (unpaired) electrons. The summed E-state index contributed by atoms with van der Waals surface area (Å²) in [6.07, 6.45) is 0. The van der Waals surface area contributed by atoms with Crippen LogP contribution in [0.5, 0.6) is 5.75 Å². The minimum atomic E-state index is -0.660. The number of methoxy groups -OCH3 is 1. The number of amides is 1. The van der Waals surface area contributed by atoms with Crippen LogP contribution in [0, 0.1) is 6.92 Å². The summed E-state index contributed by atoms with van der Waals surface area (Å²) >= 11 is 1.58. The Bertz CT molecular complexity index is 1380. The number of piperazine rings is 1. The van der Waals surface area contributed by atoms with Crippen molar-refractivity contribution in [1.29, 1.82) is 0 Å². The molecule has 0 N–H and O–H groups in total. The maximum absolute atomic E-state index is 13.4. The number of ether oxygens (including phenoxy) is 1. The van der Waals surface area contributed by atoms with Gasteiger partial charge in [0.2, 0.25) is 5.91 Å². The van der Waals surface area contributed by atoms with E-state index in [1.54, 1.807) is 25.4 Å². The molecule has 8 heteroatoms. The number of fused-ring (bicyclic) bond motifs is 3. The molecule has 0 unspecified atom stereocenters. The lowest BCUT2D eigenvalue weighted by Crippen LogP contribution is -2.51. The number of carbonyl (C=O) groups is 1. The predicted molar refractivity (Wildman–Crippen MR) is 133 cm³/mol. The van der Waals surface area contributed by atoms with E-state index in [-0.39, 0.29) is 11.5 Å². The standard InChI is InChI=1S/C25H26N4O3S/c1-16-23-22(20-6-4-5-7-21(20)33-23)25(31)29(26-16)17(2)24(30)28-14-12-27(13-15-28)18-8-10-19(32-3)11-9-18/h4-11,17H,12-15H2,1-3H3/t17-/m0/s1. The van der Waals surface area contributed by atoms with Crippen molar-refractivity contribution >= 4 is 43.1 Å². The first-order chi connectivity index (χ1) is 16.0. The summed E-state index contributed by atoms with van der Waals surface area (Å²) in [5.74, 6) is 0.752. The molecule has 3 heterocycles. The lowest BCUT2D eigenvalue weighted by molar-refractivity contribution is -0.135. The Balaban J connectivity index is 1.37. The zero-order valence-corrected chi connectivity index (χ0v) is 19.8. The minimum Gasteiger partial charge on any atom is -0.497 e. The molecule has 4 aromatic rings. The highest BCUT2D eigenvalue weighted by molar-refractivity contribution is 7.26. The molecule has 5 rings (SSSR count). The smallest absolute Gasteiger partial charge is 0.276 e. The number of rotatable bonds is 4. The van der Waals surface area contributed by atoms with Crippen LogP contribution in [0.3, 0.4) is 0 Å². The second-order valence-corrected chi connectivity index (χ2v) is 9.38. The van der Waals surface area contributed by atoms with Gasteiger partial charge in [0, 0.05) is 42.0 Å². The molecule has 1 saturated heterocycles. The van der Waals surface area contributed by atoms with Crippen LogP contribution < -0.4 is 15.2 Å². The second kappa shape index (κ2) is 8.51. The Morgan fingerprint density at radius 1 is 1.06 bits per heavy atom. The number of hydrogen-bond donors (Lipinski definition) is 0. The third-order valence-electron chi connectivity index (χ3n) is 6.36. The van der Waals surface area contributed by atoms with E-state index < -0.39 is 6.04 Å². The van der Waals surface area contributed by atoms with E-state index in [4.69, 9.17) is 4.74 Å². The first kappa shape index (κ1) is 21.5. The monoisotopic (exact) mass is 462 g/mol. The molecule has 1 aliphatic heterocycles. The lowest BCUT2D eigenvalue weighted by Gasteiger charge is -2.37. The molecule has 1 amide bonds. The van der Waals surface area contributed by atoms with Gasteiger partial charge in [0.25, 0.3) is 5.56 Å². The predicted octanol–water partition coefficient (Wildman–Crippen LogP) is 3.84. The largest absolute Gasteiger partial charge is 0.497 e. The number of anilines is 1. The van der Waals surface area contributed by atoms with Crippen molar-refractivity contribution in [2.45, 2.75) is 19.9 Å². The normalized spacial score (nSPS) is 15.2. The van der Waals surface area contributed by atoms with E-state index in [0.717, 1.165) is 45.0 Å². The van der Waals surface area contributed by atoms with Crippen LogP contribution in [-0.4, -0.2) is 53.9 Å². The van der Waals surface area contributed by atoms with Gasteiger partial charge in [-0.2, -0.15) is 5.10 Å². The van der Waals surface area contributed by atoms with Gasteiger partial charge in [0.15, 0.2) is 0 Å². The van der Waals surface area contributed by atoms with Gasteiger partial charge in [-0.3, -0.25) is 9.59 Å². The average Bonchev–Trinajstić information content (AvgIpc) is 3.26. The van der Waals surface area contributed by atoms with Crippen LogP contribution in [0.15, 0.2) is 53.3 Å². The molecule has 1 aliphatic rings. The Morgan fingerprint density at radius 3 is 2.45 bits per heavy atom. The molecule has 1 fully saturated rings. The summed E-state index contributed by atoms with van der Waals surface area (Å²) in [7, 11) is 1.65. The molecule has 170 valence electrons. The Morgan fingerprint density at radius 2 is 1.76 bits per heavy atom. The third-order valence-corrected chi connectivity index (χ3v) is 7.64. The fraction of sp³-hybridized carbons (Fsp3) is 0.320. The van der Waals surface area contributed by atoms with Gasteiger partial charge in [-0.25, -0.2) is 4.68 Å². The van der Waals surface area contributed by atoms with Crippen molar-refractivity contribution in [3.05, 3.63) is 64.6 Å². The molecule has 1 atom stereocenters.